The van der Waals surface area contributed by atoms with E-state index in [1.54, 1.807) is 0 Å². The highest BCUT2D eigenvalue weighted by Gasteiger charge is 2.17. The molecule has 3 aromatic rings. The fourth-order valence-electron chi connectivity index (χ4n) is 4.95. The summed E-state index contributed by atoms with van der Waals surface area (Å²) in [5.74, 6) is 9.24. The molecule has 0 amide bonds. The fourth-order valence-corrected chi connectivity index (χ4v) is 4.95. The molecule has 2 aliphatic rings. The number of rotatable bonds is 8. The first kappa shape index (κ1) is 25.7. The molecular weight excluding hydrogens is 478 g/mol. The number of aldehydes is 1. The van der Waals surface area contributed by atoms with Gasteiger partial charge in [-0.1, -0.05) is 43.4 Å². The molecule has 1 aliphatic heterocycles. The highest BCUT2D eigenvalue weighted by molar-refractivity contribution is 5.72. The molecule has 0 unspecified atom stereocenters. The third-order valence-corrected chi connectivity index (χ3v) is 7.06. The number of ether oxygens (including phenoxy) is 3. The lowest BCUT2D eigenvalue weighted by atomic mass is 9.90. The zero-order valence-corrected chi connectivity index (χ0v) is 21.8. The molecule has 7 nitrogen and oxygen atoms in total. The Morgan fingerprint density at radius 2 is 1.87 bits per heavy atom. The van der Waals surface area contributed by atoms with Crippen LogP contribution in [0.15, 0.2) is 42.5 Å². The average molecular weight is 512 g/mol. The van der Waals surface area contributed by atoms with E-state index in [1.165, 1.54) is 32.1 Å². The van der Waals surface area contributed by atoms with Crippen molar-refractivity contribution in [1.82, 2.24) is 15.5 Å². The molecule has 0 bridgehead atoms. The van der Waals surface area contributed by atoms with Crippen molar-refractivity contribution in [2.75, 3.05) is 26.4 Å². The topological polar surface area (TPSA) is 82.6 Å². The maximum absolute atomic E-state index is 10.7. The third-order valence-electron chi connectivity index (χ3n) is 7.06. The van der Waals surface area contributed by atoms with Crippen molar-refractivity contribution in [3.05, 3.63) is 65.0 Å². The van der Waals surface area contributed by atoms with Gasteiger partial charge in [0.25, 0.3) is 0 Å². The zero-order valence-electron chi connectivity index (χ0n) is 21.8. The molecule has 0 atom stereocenters. The molecule has 2 heterocycles. The molecule has 2 aromatic carbocycles. The Balaban J connectivity index is 1.37. The van der Waals surface area contributed by atoms with Gasteiger partial charge in [-0.3, -0.25) is 0 Å². The summed E-state index contributed by atoms with van der Waals surface area (Å²) >= 11 is 0. The minimum Gasteiger partial charge on any atom is -0.491 e. The molecule has 38 heavy (non-hydrogen) atoms. The number of fused-ring (bicyclic) bond motifs is 1. The predicted octanol–water partition coefficient (Wildman–Crippen LogP) is 4.87. The second-order valence-corrected chi connectivity index (χ2v) is 9.74. The number of aromatic nitrogens is 2. The van der Waals surface area contributed by atoms with Crippen molar-refractivity contribution in [2.45, 2.75) is 45.6 Å². The van der Waals surface area contributed by atoms with E-state index in [-0.39, 0.29) is 6.54 Å². The lowest BCUT2D eigenvalue weighted by molar-refractivity contribution is -0.107. The highest BCUT2D eigenvalue weighted by atomic mass is 16.6. The van der Waals surface area contributed by atoms with Crippen molar-refractivity contribution in [3.63, 3.8) is 0 Å². The smallest absolute Gasteiger partial charge is 0.161 e. The molecule has 0 saturated heterocycles. The van der Waals surface area contributed by atoms with E-state index in [4.69, 9.17) is 14.2 Å². The molecule has 5 rings (SSSR count). The lowest BCUT2D eigenvalue weighted by Gasteiger charge is -2.22. The molecule has 196 valence electrons. The molecule has 1 N–H and O–H groups in total. The largest absolute Gasteiger partial charge is 0.491 e. The monoisotopic (exact) mass is 511 g/mol. The summed E-state index contributed by atoms with van der Waals surface area (Å²) in [6.07, 6.45) is 7.06. The summed E-state index contributed by atoms with van der Waals surface area (Å²) in [5.41, 5.74) is 5.37. The minimum absolute atomic E-state index is 0.254. The van der Waals surface area contributed by atoms with E-state index in [9.17, 15) is 4.79 Å². The van der Waals surface area contributed by atoms with Gasteiger partial charge < -0.3 is 24.3 Å². The van der Waals surface area contributed by atoms with Gasteiger partial charge in [-0.05, 0) is 66.5 Å². The normalized spacial score (nSPS) is 14.9. The molecule has 0 radical (unpaired) electrons. The number of carbonyl (C=O) groups excluding carboxylic acids is 1. The highest BCUT2D eigenvalue weighted by Crippen LogP contribution is 2.36. The summed E-state index contributed by atoms with van der Waals surface area (Å²) in [6, 6.07) is 14.0. The van der Waals surface area contributed by atoms with Crippen LogP contribution in [0.4, 0.5) is 0 Å². The Morgan fingerprint density at radius 3 is 2.71 bits per heavy atom. The van der Waals surface area contributed by atoms with E-state index in [0.717, 1.165) is 40.0 Å². The number of benzene rings is 2. The third kappa shape index (κ3) is 6.32. The van der Waals surface area contributed by atoms with Gasteiger partial charge in [-0.2, -0.15) is 0 Å². The summed E-state index contributed by atoms with van der Waals surface area (Å²) in [7, 11) is 0. The molecular formula is C31H33N3O4. The summed E-state index contributed by atoms with van der Waals surface area (Å²) in [6.45, 7) is 4.53. The van der Waals surface area contributed by atoms with E-state index < -0.39 is 0 Å². The number of hydrogen-bond donors (Lipinski definition) is 1. The molecule has 1 aromatic heterocycles. The summed E-state index contributed by atoms with van der Waals surface area (Å²) in [4.78, 5) is 10.7. The number of nitrogens with one attached hydrogen (secondary N) is 1. The number of hydrogen-bond acceptors (Lipinski definition) is 7. The van der Waals surface area contributed by atoms with Crippen LogP contribution in [0.2, 0.25) is 0 Å². The van der Waals surface area contributed by atoms with Gasteiger partial charge in [-0.15, -0.1) is 10.2 Å². The first-order valence-electron chi connectivity index (χ1n) is 13.4. The van der Waals surface area contributed by atoms with Crippen LogP contribution >= 0.6 is 0 Å². The summed E-state index contributed by atoms with van der Waals surface area (Å²) in [5, 5.41) is 11.7. The lowest BCUT2D eigenvalue weighted by Crippen LogP contribution is -2.20. The molecule has 1 aliphatic carbocycles. The second kappa shape index (κ2) is 12.6. The number of nitrogens with zero attached hydrogens (tertiary/aromatic N) is 2. The van der Waals surface area contributed by atoms with Gasteiger partial charge in [-0.25, -0.2) is 0 Å². The van der Waals surface area contributed by atoms with Gasteiger partial charge in [0.2, 0.25) is 0 Å². The fraction of sp³-hybridized carbons (Fsp3) is 0.387. The van der Waals surface area contributed by atoms with Gasteiger partial charge in [0, 0.05) is 18.2 Å². The van der Waals surface area contributed by atoms with Crippen LogP contribution in [0.1, 0.15) is 54.6 Å². The number of carbonyl (C=O) groups is 1. The van der Waals surface area contributed by atoms with Crippen molar-refractivity contribution < 1.29 is 19.0 Å². The van der Waals surface area contributed by atoms with Crippen LogP contribution < -0.4 is 19.5 Å². The van der Waals surface area contributed by atoms with Gasteiger partial charge >= 0.3 is 0 Å². The van der Waals surface area contributed by atoms with Crippen LogP contribution in [0, 0.1) is 24.7 Å². The Hall–Kier alpha value is -3.89. The summed E-state index contributed by atoms with van der Waals surface area (Å²) < 4.78 is 17.7. The average Bonchev–Trinajstić information content (AvgIpc) is 2.96. The maximum Gasteiger partial charge on any atom is 0.161 e. The van der Waals surface area contributed by atoms with Crippen LogP contribution in [-0.2, 0) is 11.3 Å². The second-order valence-electron chi connectivity index (χ2n) is 9.74. The van der Waals surface area contributed by atoms with Crippen molar-refractivity contribution >= 4 is 6.29 Å². The van der Waals surface area contributed by atoms with Crippen LogP contribution in [0.25, 0.3) is 11.1 Å². The Kier molecular flexibility index (Phi) is 8.52. The molecule has 1 saturated carbocycles. The SMILES string of the molecule is Cc1c(C#Cc2cc(OCC3CCCCC3)c(CNCC=O)nn2)cccc1-c1ccc2c(c1)OCCO2. The Bertz CT molecular complexity index is 1340. The van der Waals surface area contributed by atoms with Crippen molar-refractivity contribution in [2.24, 2.45) is 5.92 Å². The quantitative estimate of drug-likeness (QED) is 0.262. The van der Waals surface area contributed by atoms with Crippen molar-refractivity contribution in [3.8, 4) is 40.2 Å². The molecule has 7 heteroatoms. The zero-order chi connectivity index (χ0) is 26.2. The standard InChI is InChI=1S/C31H33N3O4/c1-22-24(8-5-9-27(22)25-11-13-29-31(18-25)37-17-16-36-29)10-12-26-19-30(28(34-33-26)20-32-14-15-35)38-21-23-6-3-2-4-7-23/h5,8-9,11,13,15,18-19,23,32H,2-4,6-7,14,16-17,20-21H2,1H3. The minimum atomic E-state index is 0.254. The van der Waals surface area contributed by atoms with Crippen LogP contribution in [0.3, 0.4) is 0 Å². The van der Waals surface area contributed by atoms with Crippen LogP contribution in [0.5, 0.6) is 17.2 Å². The first-order valence-corrected chi connectivity index (χ1v) is 13.4. The maximum atomic E-state index is 10.7. The van der Waals surface area contributed by atoms with E-state index in [1.807, 2.05) is 36.4 Å². The molecule has 1 fully saturated rings. The van der Waals surface area contributed by atoms with Crippen LogP contribution in [-0.4, -0.2) is 42.8 Å². The van der Waals surface area contributed by atoms with Gasteiger partial charge in [0.15, 0.2) is 11.5 Å². The van der Waals surface area contributed by atoms with E-state index >= 15 is 0 Å². The van der Waals surface area contributed by atoms with E-state index in [2.05, 4.69) is 40.3 Å². The van der Waals surface area contributed by atoms with Crippen molar-refractivity contribution in [1.29, 1.82) is 0 Å². The predicted molar refractivity (Wildman–Crippen MR) is 145 cm³/mol. The first-order chi connectivity index (χ1) is 18.7. The Labute approximate surface area is 223 Å². The van der Waals surface area contributed by atoms with Gasteiger partial charge in [0.1, 0.15) is 36.6 Å². The molecule has 0 spiro atoms. The van der Waals surface area contributed by atoms with E-state index in [0.29, 0.717) is 49.4 Å². The Morgan fingerprint density at radius 1 is 1.03 bits per heavy atom. The van der Waals surface area contributed by atoms with Gasteiger partial charge in [0.05, 0.1) is 13.2 Å².